The van der Waals surface area contributed by atoms with Crippen LogP contribution in [0.5, 0.6) is 11.5 Å². The predicted octanol–water partition coefficient (Wildman–Crippen LogP) is 3.00. The van der Waals surface area contributed by atoms with Crippen LogP contribution in [-0.2, 0) is 16.1 Å². The fourth-order valence-electron chi connectivity index (χ4n) is 2.17. The van der Waals surface area contributed by atoms with Gasteiger partial charge >= 0.3 is 0 Å². The Kier molecular flexibility index (Phi) is 6.65. The molecule has 0 aromatic heterocycles. The van der Waals surface area contributed by atoms with Crippen molar-refractivity contribution >= 4 is 29.1 Å². The van der Waals surface area contributed by atoms with Gasteiger partial charge in [-0.25, -0.2) is 0 Å². The molecular weight excluding hydrogens is 344 g/mol. The Morgan fingerprint density at radius 3 is 2.44 bits per heavy atom. The molecule has 0 bridgehead atoms. The topological polar surface area (TPSA) is 76.7 Å². The van der Waals surface area contributed by atoms with Gasteiger partial charge in [0, 0.05) is 17.3 Å². The van der Waals surface area contributed by atoms with Gasteiger partial charge in [0.1, 0.15) is 6.42 Å². The highest BCUT2D eigenvalue weighted by Crippen LogP contribution is 2.27. The summed E-state index contributed by atoms with van der Waals surface area (Å²) in [6, 6.07) is 12.1. The van der Waals surface area contributed by atoms with E-state index in [2.05, 4.69) is 10.6 Å². The van der Waals surface area contributed by atoms with E-state index in [0.717, 1.165) is 5.56 Å². The van der Waals surface area contributed by atoms with Crippen LogP contribution in [0.25, 0.3) is 0 Å². The quantitative estimate of drug-likeness (QED) is 0.742. The Balaban J connectivity index is 1.85. The van der Waals surface area contributed by atoms with E-state index in [9.17, 15) is 9.59 Å². The number of rotatable bonds is 7. The fraction of sp³-hybridized carbons (Fsp3) is 0.222. The number of carbonyl (C=O) groups excluding carboxylic acids is 2. The molecule has 25 heavy (non-hydrogen) atoms. The number of amides is 2. The summed E-state index contributed by atoms with van der Waals surface area (Å²) in [6.07, 6.45) is -0.278. The molecule has 0 aliphatic carbocycles. The summed E-state index contributed by atoms with van der Waals surface area (Å²) in [4.78, 5) is 23.8. The Labute approximate surface area is 151 Å². The van der Waals surface area contributed by atoms with E-state index < -0.39 is 5.91 Å². The zero-order valence-electron chi connectivity index (χ0n) is 14.0. The lowest BCUT2D eigenvalue weighted by Crippen LogP contribution is -2.27. The number of nitrogens with one attached hydrogen (secondary N) is 2. The molecule has 0 saturated carbocycles. The lowest BCUT2D eigenvalue weighted by atomic mass is 10.2. The molecule has 0 spiro atoms. The lowest BCUT2D eigenvalue weighted by Gasteiger charge is -2.10. The lowest BCUT2D eigenvalue weighted by molar-refractivity contribution is -0.126. The second-order valence-corrected chi connectivity index (χ2v) is 5.64. The number of halogens is 1. The van der Waals surface area contributed by atoms with Gasteiger partial charge in [0.25, 0.3) is 0 Å². The number of carbonyl (C=O) groups is 2. The average Bonchev–Trinajstić information content (AvgIpc) is 2.59. The number of anilines is 1. The third-order valence-corrected chi connectivity index (χ3v) is 3.60. The SMILES string of the molecule is COc1ccc(CNC(=O)CC(=O)Nc2cccc(Cl)c2)cc1OC. The molecule has 0 unspecified atom stereocenters. The van der Waals surface area contributed by atoms with E-state index in [1.54, 1.807) is 50.6 Å². The van der Waals surface area contributed by atoms with Crippen molar-refractivity contribution in [3.63, 3.8) is 0 Å². The first-order valence-corrected chi connectivity index (χ1v) is 7.92. The van der Waals surface area contributed by atoms with Gasteiger partial charge in [-0.2, -0.15) is 0 Å². The molecule has 0 aliphatic rings. The third-order valence-electron chi connectivity index (χ3n) is 3.37. The largest absolute Gasteiger partial charge is 0.493 e. The van der Waals surface area contributed by atoms with Gasteiger partial charge in [0.2, 0.25) is 11.8 Å². The molecule has 132 valence electrons. The van der Waals surface area contributed by atoms with E-state index in [4.69, 9.17) is 21.1 Å². The fourth-order valence-corrected chi connectivity index (χ4v) is 2.36. The Bertz CT molecular complexity index is 764. The van der Waals surface area contributed by atoms with Crippen LogP contribution in [-0.4, -0.2) is 26.0 Å². The van der Waals surface area contributed by atoms with Crippen molar-refractivity contribution in [3.8, 4) is 11.5 Å². The molecule has 0 fully saturated rings. The molecule has 0 aliphatic heterocycles. The van der Waals surface area contributed by atoms with E-state index in [1.807, 2.05) is 6.07 Å². The summed E-state index contributed by atoms with van der Waals surface area (Å²) in [5.41, 5.74) is 1.38. The highest BCUT2D eigenvalue weighted by atomic mass is 35.5. The van der Waals surface area contributed by atoms with Crippen LogP contribution >= 0.6 is 11.6 Å². The molecule has 0 heterocycles. The molecule has 2 aromatic carbocycles. The van der Waals surface area contributed by atoms with Gasteiger partial charge in [0.15, 0.2) is 11.5 Å². The molecule has 2 N–H and O–H groups in total. The van der Waals surface area contributed by atoms with Crippen LogP contribution in [0.1, 0.15) is 12.0 Å². The van der Waals surface area contributed by atoms with Crippen LogP contribution in [0.3, 0.4) is 0 Å². The Morgan fingerprint density at radius 1 is 1.00 bits per heavy atom. The molecule has 2 aromatic rings. The van der Waals surface area contributed by atoms with Crippen LogP contribution < -0.4 is 20.1 Å². The summed E-state index contributed by atoms with van der Waals surface area (Å²) in [5, 5.41) is 5.83. The highest BCUT2D eigenvalue weighted by molar-refractivity contribution is 6.30. The van der Waals surface area contributed by atoms with E-state index >= 15 is 0 Å². The third kappa shape index (κ3) is 5.69. The maximum Gasteiger partial charge on any atom is 0.233 e. The summed E-state index contributed by atoms with van der Waals surface area (Å²) >= 11 is 5.85. The van der Waals surface area contributed by atoms with Gasteiger partial charge in [-0.1, -0.05) is 23.7 Å². The van der Waals surface area contributed by atoms with Gasteiger partial charge in [0.05, 0.1) is 14.2 Å². The molecule has 0 atom stereocenters. The van der Waals surface area contributed by atoms with Crippen LogP contribution in [0, 0.1) is 0 Å². The predicted molar refractivity (Wildman–Crippen MR) is 96.1 cm³/mol. The van der Waals surface area contributed by atoms with Crippen LogP contribution in [0.2, 0.25) is 5.02 Å². The van der Waals surface area contributed by atoms with E-state index in [1.165, 1.54) is 0 Å². The zero-order valence-corrected chi connectivity index (χ0v) is 14.7. The van der Waals surface area contributed by atoms with Crippen molar-refractivity contribution in [1.29, 1.82) is 0 Å². The second kappa shape index (κ2) is 8.94. The van der Waals surface area contributed by atoms with Crippen molar-refractivity contribution in [2.75, 3.05) is 19.5 Å². The molecule has 2 amide bonds. The minimum atomic E-state index is -0.410. The number of benzene rings is 2. The van der Waals surface area contributed by atoms with Gasteiger partial charge in [-0.15, -0.1) is 0 Å². The number of hydrogen-bond donors (Lipinski definition) is 2. The van der Waals surface area contributed by atoms with E-state index in [0.29, 0.717) is 22.2 Å². The average molecular weight is 363 g/mol. The second-order valence-electron chi connectivity index (χ2n) is 5.20. The summed E-state index contributed by atoms with van der Waals surface area (Å²) < 4.78 is 10.4. The molecule has 7 heteroatoms. The minimum Gasteiger partial charge on any atom is -0.493 e. The summed E-state index contributed by atoms with van der Waals surface area (Å²) in [7, 11) is 3.10. The Morgan fingerprint density at radius 2 is 1.76 bits per heavy atom. The first kappa shape index (κ1) is 18.6. The van der Waals surface area contributed by atoms with Gasteiger partial charge in [-0.3, -0.25) is 9.59 Å². The molecule has 0 saturated heterocycles. The first-order chi connectivity index (χ1) is 12.0. The molecular formula is C18H19ClN2O4. The van der Waals surface area contributed by atoms with Gasteiger partial charge in [-0.05, 0) is 35.9 Å². The first-order valence-electron chi connectivity index (χ1n) is 7.55. The smallest absolute Gasteiger partial charge is 0.233 e. The summed E-state index contributed by atoms with van der Waals surface area (Å²) in [6.45, 7) is 0.281. The number of ether oxygens (including phenoxy) is 2. The Hall–Kier alpha value is -2.73. The van der Waals surface area contributed by atoms with Crippen molar-refractivity contribution in [1.82, 2.24) is 5.32 Å². The molecule has 0 radical (unpaired) electrons. The normalized spacial score (nSPS) is 10.0. The van der Waals surface area contributed by atoms with Crippen LogP contribution in [0.4, 0.5) is 5.69 Å². The zero-order chi connectivity index (χ0) is 18.2. The van der Waals surface area contributed by atoms with Crippen molar-refractivity contribution in [2.24, 2.45) is 0 Å². The maximum atomic E-state index is 11.9. The monoisotopic (exact) mass is 362 g/mol. The van der Waals surface area contributed by atoms with Crippen molar-refractivity contribution < 1.29 is 19.1 Å². The van der Waals surface area contributed by atoms with Crippen molar-refractivity contribution in [2.45, 2.75) is 13.0 Å². The standard InChI is InChI=1S/C18H19ClN2O4/c1-24-15-7-6-12(8-16(15)25-2)11-20-17(22)10-18(23)21-14-5-3-4-13(19)9-14/h3-9H,10-11H2,1-2H3,(H,20,22)(H,21,23). The van der Waals surface area contributed by atoms with E-state index in [-0.39, 0.29) is 18.9 Å². The number of methoxy groups -OCH3 is 2. The minimum absolute atomic E-state index is 0.278. The van der Waals surface area contributed by atoms with Crippen molar-refractivity contribution in [3.05, 3.63) is 53.1 Å². The van der Waals surface area contributed by atoms with Crippen LogP contribution in [0.15, 0.2) is 42.5 Å². The number of hydrogen-bond acceptors (Lipinski definition) is 4. The van der Waals surface area contributed by atoms with Gasteiger partial charge < -0.3 is 20.1 Å². The molecule has 6 nitrogen and oxygen atoms in total. The highest BCUT2D eigenvalue weighted by Gasteiger charge is 2.11. The summed E-state index contributed by atoms with van der Waals surface area (Å²) in [5.74, 6) is 0.396. The maximum absolute atomic E-state index is 11.9. The molecule has 2 rings (SSSR count).